The molecule has 0 radical (unpaired) electrons. The summed E-state index contributed by atoms with van der Waals surface area (Å²) < 4.78 is 5.30. The third kappa shape index (κ3) is 3.32. The number of rotatable bonds is 4. The van der Waals surface area contributed by atoms with Crippen LogP contribution in [0.3, 0.4) is 0 Å². The van der Waals surface area contributed by atoms with Crippen LogP contribution in [0.4, 0.5) is 0 Å². The highest BCUT2D eigenvalue weighted by atomic mass is 16.5. The summed E-state index contributed by atoms with van der Waals surface area (Å²) in [4.78, 5) is 2.30. The van der Waals surface area contributed by atoms with Gasteiger partial charge in [0.05, 0.1) is 13.2 Å². The number of hydrogen-bond donors (Lipinski definition) is 1. The zero-order valence-corrected chi connectivity index (χ0v) is 10.1. The van der Waals surface area contributed by atoms with Gasteiger partial charge in [0.25, 0.3) is 0 Å². The second kappa shape index (κ2) is 5.84. The van der Waals surface area contributed by atoms with Gasteiger partial charge < -0.3 is 9.84 Å². The molecule has 1 aromatic carbocycles. The predicted octanol–water partition coefficient (Wildman–Crippen LogP) is 1.95. The van der Waals surface area contributed by atoms with Gasteiger partial charge in [-0.3, -0.25) is 4.90 Å². The average Bonchev–Trinajstić information content (AvgIpc) is 2.34. The molecule has 0 unspecified atom stereocenters. The van der Waals surface area contributed by atoms with Crippen molar-refractivity contribution in [2.24, 2.45) is 0 Å². The minimum atomic E-state index is 0.385. The van der Waals surface area contributed by atoms with Crippen LogP contribution in [0.1, 0.15) is 11.1 Å². The Morgan fingerprint density at radius 3 is 2.76 bits per heavy atom. The Morgan fingerprint density at radius 1 is 1.35 bits per heavy atom. The molecule has 3 nitrogen and oxygen atoms in total. The van der Waals surface area contributed by atoms with E-state index in [9.17, 15) is 5.11 Å². The molecule has 1 heterocycles. The van der Waals surface area contributed by atoms with Crippen molar-refractivity contribution in [2.45, 2.75) is 13.0 Å². The molecule has 1 aliphatic heterocycles. The van der Waals surface area contributed by atoms with Gasteiger partial charge in [0.1, 0.15) is 5.75 Å². The molecule has 0 amide bonds. The molecule has 0 aromatic heterocycles. The molecule has 92 valence electrons. The molecule has 3 heteroatoms. The zero-order valence-electron chi connectivity index (χ0n) is 10.1. The van der Waals surface area contributed by atoms with Gasteiger partial charge >= 0.3 is 0 Å². The fourth-order valence-corrected chi connectivity index (χ4v) is 2.04. The van der Waals surface area contributed by atoms with Gasteiger partial charge in [0.2, 0.25) is 0 Å². The number of nitrogens with zero attached hydrogens (tertiary/aromatic N) is 1. The zero-order chi connectivity index (χ0) is 12.1. The van der Waals surface area contributed by atoms with Crippen molar-refractivity contribution in [2.75, 3.05) is 26.3 Å². The number of allylic oxidation sites excluding steroid dienone is 1. The van der Waals surface area contributed by atoms with Gasteiger partial charge in [-0.2, -0.15) is 0 Å². The molecule has 1 N–H and O–H groups in total. The summed E-state index contributed by atoms with van der Waals surface area (Å²) in [6.45, 7) is 7.94. The van der Waals surface area contributed by atoms with E-state index in [2.05, 4.69) is 17.5 Å². The van der Waals surface area contributed by atoms with Crippen LogP contribution in [0, 0.1) is 0 Å². The van der Waals surface area contributed by atoms with E-state index in [1.165, 1.54) is 0 Å². The maximum atomic E-state index is 9.96. The SMILES string of the molecule is C=CCc1ccc(CN2CCOCC2)c(O)c1. The second-order valence-electron chi connectivity index (χ2n) is 4.34. The topological polar surface area (TPSA) is 32.7 Å². The fourth-order valence-electron chi connectivity index (χ4n) is 2.04. The van der Waals surface area contributed by atoms with Gasteiger partial charge in [0, 0.05) is 25.2 Å². The quantitative estimate of drug-likeness (QED) is 0.807. The highest BCUT2D eigenvalue weighted by Crippen LogP contribution is 2.21. The van der Waals surface area contributed by atoms with E-state index in [0.29, 0.717) is 5.75 Å². The van der Waals surface area contributed by atoms with Crippen molar-refractivity contribution in [1.82, 2.24) is 4.90 Å². The van der Waals surface area contributed by atoms with E-state index in [-0.39, 0.29) is 0 Å². The lowest BCUT2D eigenvalue weighted by Crippen LogP contribution is -2.35. The molecule has 17 heavy (non-hydrogen) atoms. The molecule has 0 spiro atoms. The number of phenolic OH excluding ortho intramolecular Hbond substituents is 1. The molecule has 0 saturated carbocycles. The summed E-state index contributed by atoms with van der Waals surface area (Å²) in [5, 5.41) is 9.96. The summed E-state index contributed by atoms with van der Waals surface area (Å²) in [5.74, 6) is 0.385. The molecule has 1 aliphatic rings. The summed E-state index contributed by atoms with van der Waals surface area (Å²) in [6, 6.07) is 5.89. The molecular weight excluding hydrogens is 214 g/mol. The third-order valence-electron chi connectivity index (χ3n) is 3.03. The molecule has 1 fully saturated rings. The summed E-state index contributed by atoms with van der Waals surface area (Å²) in [7, 11) is 0. The van der Waals surface area contributed by atoms with Crippen LogP contribution in [-0.4, -0.2) is 36.3 Å². The van der Waals surface area contributed by atoms with Crippen LogP contribution in [0.2, 0.25) is 0 Å². The van der Waals surface area contributed by atoms with Gasteiger partial charge in [-0.1, -0.05) is 18.2 Å². The highest BCUT2D eigenvalue weighted by molar-refractivity contribution is 5.37. The summed E-state index contributed by atoms with van der Waals surface area (Å²) in [5.41, 5.74) is 2.09. The molecule has 0 atom stereocenters. The van der Waals surface area contributed by atoms with E-state index in [0.717, 1.165) is 50.4 Å². The van der Waals surface area contributed by atoms with Gasteiger partial charge in [-0.25, -0.2) is 0 Å². The van der Waals surface area contributed by atoms with E-state index in [1.807, 2.05) is 18.2 Å². The Labute approximate surface area is 102 Å². The molecule has 0 bridgehead atoms. The number of phenols is 1. The molecule has 1 saturated heterocycles. The Balaban J connectivity index is 2.02. The molecule has 0 aliphatic carbocycles. The first-order chi connectivity index (χ1) is 8.29. The number of hydrogen-bond acceptors (Lipinski definition) is 3. The van der Waals surface area contributed by atoms with Crippen molar-refractivity contribution < 1.29 is 9.84 Å². The average molecular weight is 233 g/mol. The summed E-state index contributed by atoms with van der Waals surface area (Å²) >= 11 is 0. The maximum Gasteiger partial charge on any atom is 0.120 e. The Kier molecular flexibility index (Phi) is 4.18. The highest BCUT2D eigenvalue weighted by Gasteiger charge is 2.12. The molecule has 1 aromatic rings. The number of aromatic hydroxyl groups is 1. The molecule has 2 rings (SSSR count). The number of morpholine rings is 1. The lowest BCUT2D eigenvalue weighted by Gasteiger charge is -2.26. The van der Waals surface area contributed by atoms with Crippen LogP contribution >= 0.6 is 0 Å². The largest absolute Gasteiger partial charge is 0.508 e. The van der Waals surface area contributed by atoms with Crippen LogP contribution in [0.5, 0.6) is 5.75 Å². The lowest BCUT2D eigenvalue weighted by molar-refractivity contribution is 0.0339. The maximum absolute atomic E-state index is 9.96. The van der Waals surface area contributed by atoms with Crippen molar-refractivity contribution in [3.05, 3.63) is 42.0 Å². The first-order valence-corrected chi connectivity index (χ1v) is 6.01. The Bertz CT molecular complexity index is 384. The molecular formula is C14H19NO2. The van der Waals surface area contributed by atoms with E-state index < -0.39 is 0 Å². The monoisotopic (exact) mass is 233 g/mol. The van der Waals surface area contributed by atoms with Crippen LogP contribution in [-0.2, 0) is 17.7 Å². The fraction of sp³-hybridized carbons (Fsp3) is 0.429. The van der Waals surface area contributed by atoms with Crippen LogP contribution in [0.25, 0.3) is 0 Å². The number of ether oxygens (including phenoxy) is 1. The smallest absolute Gasteiger partial charge is 0.120 e. The third-order valence-corrected chi connectivity index (χ3v) is 3.03. The summed E-state index contributed by atoms with van der Waals surface area (Å²) in [6.07, 6.45) is 2.64. The van der Waals surface area contributed by atoms with Gasteiger partial charge in [0.15, 0.2) is 0 Å². The Morgan fingerprint density at radius 2 is 2.12 bits per heavy atom. The second-order valence-corrected chi connectivity index (χ2v) is 4.34. The lowest BCUT2D eigenvalue weighted by atomic mass is 10.1. The van der Waals surface area contributed by atoms with Crippen LogP contribution < -0.4 is 0 Å². The van der Waals surface area contributed by atoms with Crippen molar-refractivity contribution in [3.63, 3.8) is 0 Å². The Hall–Kier alpha value is -1.32. The minimum absolute atomic E-state index is 0.385. The first-order valence-electron chi connectivity index (χ1n) is 6.01. The van der Waals surface area contributed by atoms with E-state index >= 15 is 0 Å². The number of benzene rings is 1. The van der Waals surface area contributed by atoms with Crippen LogP contribution in [0.15, 0.2) is 30.9 Å². The standard InChI is InChI=1S/C14H19NO2/c1-2-3-12-4-5-13(14(16)10-12)11-15-6-8-17-9-7-15/h2,4-5,10,16H,1,3,6-9,11H2. The first kappa shape index (κ1) is 12.1. The van der Waals surface area contributed by atoms with Gasteiger partial charge in [-0.15, -0.1) is 6.58 Å². The van der Waals surface area contributed by atoms with Crippen molar-refractivity contribution in [3.8, 4) is 5.75 Å². The van der Waals surface area contributed by atoms with E-state index in [1.54, 1.807) is 0 Å². The van der Waals surface area contributed by atoms with Crippen molar-refractivity contribution in [1.29, 1.82) is 0 Å². The predicted molar refractivity (Wildman–Crippen MR) is 68.1 cm³/mol. The normalized spacial score (nSPS) is 16.9. The minimum Gasteiger partial charge on any atom is -0.508 e. The van der Waals surface area contributed by atoms with Gasteiger partial charge in [-0.05, 0) is 18.1 Å². The van der Waals surface area contributed by atoms with E-state index in [4.69, 9.17) is 4.74 Å². The van der Waals surface area contributed by atoms with Crippen molar-refractivity contribution >= 4 is 0 Å².